The molecular formula is C14H20N2O3. The second-order valence-electron chi connectivity index (χ2n) is 4.39. The standard InChI is InChI=1S/C14H20N2O3/c1-4-14(15,5-2)13(18)16-11-8-6-7-10(9-11)12(17)19-3/h6-9H,4-5,15H2,1-3H3,(H,16,18). The summed E-state index contributed by atoms with van der Waals surface area (Å²) < 4.78 is 4.63. The molecule has 0 atom stereocenters. The summed E-state index contributed by atoms with van der Waals surface area (Å²) in [6.07, 6.45) is 1.10. The van der Waals surface area contributed by atoms with E-state index in [1.165, 1.54) is 7.11 Å². The van der Waals surface area contributed by atoms with Gasteiger partial charge in [0, 0.05) is 5.69 Å². The van der Waals surface area contributed by atoms with Gasteiger partial charge < -0.3 is 15.8 Å². The number of carbonyl (C=O) groups excluding carboxylic acids is 2. The molecule has 0 fully saturated rings. The number of carbonyl (C=O) groups is 2. The zero-order valence-electron chi connectivity index (χ0n) is 11.5. The van der Waals surface area contributed by atoms with Crippen LogP contribution >= 0.6 is 0 Å². The van der Waals surface area contributed by atoms with Gasteiger partial charge >= 0.3 is 5.97 Å². The molecule has 3 N–H and O–H groups in total. The van der Waals surface area contributed by atoms with Crippen molar-refractivity contribution in [3.05, 3.63) is 29.8 Å². The Bertz CT molecular complexity index is 468. The number of nitrogens with one attached hydrogen (secondary N) is 1. The van der Waals surface area contributed by atoms with Crippen LogP contribution < -0.4 is 11.1 Å². The van der Waals surface area contributed by atoms with E-state index in [2.05, 4.69) is 10.1 Å². The molecule has 1 aromatic rings. The van der Waals surface area contributed by atoms with Gasteiger partial charge in [-0.2, -0.15) is 0 Å². The van der Waals surface area contributed by atoms with Crippen molar-refractivity contribution < 1.29 is 14.3 Å². The maximum Gasteiger partial charge on any atom is 0.337 e. The second kappa shape index (κ2) is 6.33. The summed E-state index contributed by atoms with van der Waals surface area (Å²) in [5.41, 5.74) is 6.04. The zero-order valence-corrected chi connectivity index (χ0v) is 11.5. The monoisotopic (exact) mass is 264 g/mol. The number of ether oxygens (including phenoxy) is 1. The fraction of sp³-hybridized carbons (Fsp3) is 0.429. The topological polar surface area (TPSA) is 81.4 Å². The Morgan fingerprint density at radius 2 is 1.95 bits per heavy atom. The molecule has 0 aromatic heterocycles. The van der Waals surface area contributed by atoms with Crippen molar-refractivity contribution in [2.45, 2.75) is 32.2 Å². The molecule has 0 saturated carbocycles. The number of benzene rings is 1. The van der Waals surface area contributed by atoms with Crippen LogP contribution in [0.1, 0.15) is 37.0 Å². The predicted octanol–water partition coefficient (Wildman–Crippen LogP) is 1.93. The Labute approximate surface area is 113 Å². The first kappa shape index (κ1) is 15.2. The number of hydrogen-bond donors (Lipinski definition) is 2. The number of esters is 1. The SMILES string of the molecule is CCC(N)(CC)C(=O)Nc1cccc(C(=O)OC)c1. The van der Waals surface area contributed by atoms with Gasteiger partial charge in [0.05, 0.1) is 18.2 Å². The maximum atomic E-state index is 12.1. The second-order valence-corrected chi connectivity index (χ2v) is 4.39. The van der Waals surface area contributed by atoms with E-state index in [9.17, 15) is 9.59 Å². The quantitative estimate of drug-likeness (QED) is 0.796. The summed E-state index contributed by atoms with van der Waals surface area (Å²) in [4.78, 5) is 23.5. The molecule has 0 aliphatic rings. The lowest BCUT2D eigenvalue weighted by molar-refractivity contribution is -0.121. The summed E-state index contributed by atoms with van der Waals surface area (Å²) in [6.45, 7) is 3.74. The number of amides is 1. The number of hydrogen-bond acceptors (Lipinski definition) is 4. The van der Waals surface area contributed by atoms with E-state index < -0.39 is 11.5 Å². The van der Waals surface area contributed by atoms with Crippen molar-refractivity contribution in [2.75, 3.05) is 12.4 Å². The van der Waals surface area contributed by atoms with Crippen molar-refractivity contribution in [1.82, 2.24) is 0 Å². The minimum Gasteiger partial charge on any atom is -0.465 e. The summed E-state index contributed by atoms with van der Waals surface area (Å²) in [5, 5.41) is 2.73. The van der Waals surface area contributed by atoms with Crippen LogP contribution in [0.15, 0.2) is 24.3 Å². The summed E-state index contributed by atoms with van der Waals surface area (Å²) in [6, 6.07) is 6.57. The zero-order chi connectivity index (χ0) is 14.5. The van der Waals surface area contributed by atoms with Crippen molar-refractivity contribution in [1.29, 1.82) is 0 Å². The molecule has 0 unspecified atom stereocenters. The Hall–Kier alpha value is -1.88. The molecule has 0 aliphatic carbocycles. The molecule has 19 heavy (non-hydrogen) atoms. The average Bonchev–Trinajstić information content (AvgIpc) is 2.45. The Balaban J connectivity index is 2.88. The van der Waals surface area contributed by atoms with E-state index in [1.54, 1.807) is 24.3 Å². The highest BCUT2D eigenvalue weighted by Gasteiger charge is 2.29. The lowest BCUT2D eigenvalue weighted by atomic mass is 9.93. The highest BCUT2D eigenvalue weighted by atomic mass is 16.5. The molecule has 0 heterocycles. The maximum absolute atomic E-state index is 12.1. The molecule has 0 bridgehead atoms. The van der Waals surface area contributed by atoms with Gasteiger partial charge in [0.1, 0.15) is 0 Å². The van der Waals surface area contributed by atoms with Gasteiger partial charge in [-0.25, -0.2) is 4.79 Å². The van der Waals surface area contributed by atoms with Crippen LogP contribution in [-0.4, -0.2) is 24.5 Å². The molecule has 0 saturated heterocycles. The van der Waals surface area contributed by atoms with Gasteiger partial charge in [0.25, 0.3) is 0 Å². The van der Waals surface area contributed by atoms with Gasteiger partial charge in [-0.15, -0.1) is 0 Å². The summed E-state index contributed by atoms with van der Waals surface area (Å²) in [7, 11) is 1.31. The van der Waals surface area contributed by atoms with Crippen LogP contribution in [-0.2, 0) is 9.53 Å². The van der Waals surface area contributed by atoms with Gasteiger partial charge in [0.2, 0.25) is 5.91 Å². The molecule has 5 nitrogen and oxygen atoms in total. The van der Waals surface area contributed by atoms with E-state index in [4.69, 9.17) is 5.73 Å². The fourth-order valence-corrected chi connectivity index (χ4v) is 1.67. The predicted molar refractivity (Wildman–Crippen MR) is 73.9 cm³/mol. The summed E-state index contributed by atoms with van der Waals surface area (Å²) >= 11 is 0. The van der Waals surface area contributed by atoms with Crippen LogP contribution in [0.5, 0.6) is 0 Å². The van der Waals surface area contributed by atoms with E-state index in [-0.39, 0.29) is 5.91 Å². The molecule has 104 valence electrons. The average molecular weight is 264 g/mol. The first-order valence-electron chi connectivity index (χ1n) is 6.25. The van der Waals surface area contributed by atoms with Gasteiger partial charge in [-0.3, -0.25) is 4.79 Å². The lowest BCUT2D eigenvalue weighted by Crippen LogP contribution is -2.50. The van der Waals surface area contributed by atoms with Crippen molar-refractivity contribution in [3.63, 3.8) is 0 Å². The van der Waals surface area contributed by atoms with Crippen LogP contribution in [0.4, 0.5) is 5.69 Å². The van der Waals surface area contributed by atoms with Gasteiger partial charge in [-0.1, -0.05) is 19.9 Å². The molecular weight excluding hydrogens is 244 g/mol. The van der Waals surface area contributed by atoms with Crippen LogP contribution in [0.25, 0.3) is 0 Å². The molecule has 0 radical (unpaired) electrons. The normalized spacial score (nSPS) is 10.9. The molecule has 0 spiro atoms. The van der Waals surface area contributed by atoms with Crippen LogP contribution in [0.2, 0.25) is 0 Å². The number of rotatable bonds is 5. The lowest BCUT2D eigenvalue weighted by Gasteiger charge is -2.25. The van der Waals surface area contributed by atoms with Gasteiger partial charge in [-0.05, 0) is 31.0 Å². The number of anilines is 1. The minimum atomic E-state index is -0.888. The molecule has 0 aliphatic heterocycles. The molecule has 1 rings (SSSR count). The Kier molecular flexibility index (Phi) is 5.06. The summed E-state index contributed by atoms with van der Waals surface area (Å²) in [5.74, 6) is -0.694. The van der Waals surface area contributed by atoms with Crippen molar-refractivity contribution >= 4 is 17.6 Å². The van der Waals surface area contributed by atoms with E-state index in [0.717, 1.165) is 0 Å². The van der Waals surface area contributed by atoms with E-state index in [0.29, 0.717) is 24.1 Å². The van der Waals surface area contributed by atoms with E-state index >= 15 is 0 Å². The fourth-order valence-electron chi connectivity index (χ4n) is 1.67. The molecule has 1 amide bonds. The largest absolute Gasteiger partial charge is 0.465 e. The highest BCUT2D eigenvalue weighted by Crippen LogP contribution is 2.17. The third-order valence-electron chi connectivity index (χ3n) is 3.26. The Morgan fingerprint density at radius 1 is 1.32 bits per heavy atom. The van der Waals surface area contributed by atoms with Crippen LogP contribution in [0, 0.1) is 0 Å². The Morgan fingerprint density at radius 3 is 2.47 bits per heavy atom. The minimum absolute atomic E-state index is 0.250. The van der Waals surface area contributed by atoms with Crippen LogP contribution in [0.3, 0.4) is 0 Å². The van der Waals surface area contributed by atoms with Crippen molar-refractivity contribution in [3.8, 4) is 0 Å². The first-order chi connectivity index (χ1) is 8.96. The van der Waals surface area contributed by atoms with Crippen molar-refractivity contribution in [2.24, 2.45) is 5.73 Å². The highest BCUT2D eigenvalue weighted by molar-refractivity contribution is 5.99. The number of nitrogens with two attached hydrogens (primary N) is 1. The first-order valence-corrected chi connectivity index (χ1v) is 6.25. The third kappa shape index (κ3) is 3.54. The smallest absolute Gasteiger partial charge is 0.337 e. The third-order valence-corrected chi connectivity index (χ3v) is 3.26. The molecule has 5 heteroatoms. The van der Waals surface area contributed by atoms with E-state index in [1.807, 2.05) is 13.8 Å². The number of methoxy groups -OCH3 is 1. The molecule has 1 aromatic carbocycles. The van der Waals surface area contributed by atoms with Gasteiger partial charge in [0.15, 0.2) is 0 Å².